The number of benzene rings is 1. The van der Waals surface area contributed by atoms with Crippen LogP contribution >= 0.6 is 0 Å². The van der Waals surface area contributed by atoms with E-state index in [1.165, 1.54) is 50.9 Å². The quantitative estimate of drug-likeness (QED) is 0.359. The first-order valence-corrected chi connectivity index (χ1v) is 13.5. The summed E-state index contributed by atoms with van der Waals surface area (Å²) in [5, 5.41) is 0. The van der Waals surface area contributed by atoms with Crippen LogP contribution < -0.4 is 0 Å². The molecule has 198 valence electrons. The molecule has 8 nitrogen and oxygen atoms in total. The molecule has 0 radical (unpaired) electrons. The van der Waals surface area contributed by atoms with Gasteiger partial charge in [0.05, 0.1) is 19.6 Å². The van der Waals surface area contributed by atoms with Gasteiger partial charge >= 0.3 is 0 Å². The molecule has 0 spiro atoms. The van der Waals surface area contributed by atoms with Crippen LogP contribution in [0.3, 0.4) is 0 Å². The zero-order valence-corrected chi connectivity index (χ0v) is 22.7. The van der Waals surface area contributed by atoms with Gasteiger partial charge in [-0.2, -0.15) is 0 Å². The molecule has 0 aliphatic carbocycles. The molecule has 1 aromatic carbocycles. The van der Waals surface area contributed by atoms with E-state index in [4.69, 9.17) is 0 Å². The summed E-state index contributed by atoms with van der Waals surface area (Å²) in [6.45, 7) is 12.7. The van der Waals surface area contributed by atoms with E-state index in [2.05, 4.69) is 62.7 Å². The number of H-pyrrole nitrogens is 1. The molecule has 1 aliphatic heterocycles. The van der Waals surface area contributed by atoms with Crippen molar-refractivity contribution in [3.63, 3.8) is 0 Å². The van der Waals surface area contributed by atoms with Crippen LogP contribution in [-0.4, -0.2) is 101 Å². The van der Waals surface area contributed by atoms with Crippen LogP contribution in [0.5, 0.6) is 0 Å². The predicted molar refractivity (Wildman–Crippen MR) is 147 cm³/mol. The Morgan fingerprint density at radius 1 is 1.00 bits per heavy atom. The summed E-state index contributed by atoms with van der Waals surface area (Å²) in [6, 6.07) is 8.07. The van der Waals surface area contributed by atoms with Crippen molar-refractivity contribution in [2.24, 2.45) is 4.99 Å². The van der Waals surface area contributed by atoms with E-state index in [-0.39, 0.29) is 5.91 Å². The average molecular weight is 496 g/mol. The Bertz CT molecular complexity index is 920. The van der Waals surface area contributed by atoms with Gasteiger partial charge in [0.1, 0.15) is 11.7 Å². The number of aromatic amines is 1. The molecule has 0 atom stereocenters. The Labute approximate surface area is 217 Å². The third-order valence-electron chi connectivity index (χ3n) is 6.68. The summed E-state index contributed by atoms with van der Waals surface area (Å²) >= 11 is 0. The van der Waals surface area contributed by atoms with Crippen molar-refractivity contribution < 1.29 is 4.79 Å². The summed E-state index contributed by atoms with van der Waals surface area (Å²) < 4.78 is 0. The SMILES string of the molecule is CCCN(CCC)CCCCN(C)Cc1ccc(C(=O)N(CC2=NCCN2C)Cc2ncc[nH]2)cc1. The number of nitrogens with zero attached hydrogens (tertiary/aromatic N) is 6. The van der Waals surface area contributed by atoms with Gasteiger partial charge in [-0.15, -0.1) is 0 Å². The number of likely N-dealkylation sites (N-methyl/N-ethyl adjacent to an activating group) is 1. The van der Waals surface area contributed by atoms with E-state index in [9.17, 15) is 4.79 Å². The van der Waals surface area contributed by atoms with Crippen molar-refractivity contribution in [1.29, 1.82) is 0 Å². The number of rotatable bonds is 16. The molecule has 36 heavy (non-hydrogen) atoms. The van der Waals surface area contributed by atoms with Crippen molar-refractivity contribution >= 4 is 11.7 Å². The lowest BCUT2D eigenvalue weighted by Crippen LogP contribution is -2.39. The molecular formula is C28H45N7O. The number of carbonyl (C=O) groups is 1. The van der Waals surface area contributed by atoms with E-state index < -0.39 is 0 Å². The second-order valence-corrected chi connectivity index (χ2v) is 9.90. The van der Waals surface area contributed by atoms with Crippen molar-refractivity contribution in [3.8, 4) is 0 Å². The first-order valence-electron chi connectivity index (χ1n) is 13.5. The zero-order valence-electron chi connectivity index (χ0n) is 22.7. The molecule has 2 aromatic rings. The van der Waals surface area contributed by atoms with Gasteiger partial charge in [-0.05, 0) is 76.6 Å². The number of aliphatic imine (C=N–C) groups is 1. The van der Waals surface area contributed by atoms with Gasteiger partial charge in [0.15, 0.2) is 0 Å². The maximum atomic E-state index is 13.4. The van der Waals surface area contributed by atoms with E-state index in [1.54, 1.807) is 12.4 Å². The highest BCUT2D eigenvalue weighted by Crippen LogP contribution is 2.13. The second kappa shape index (κ2) is 14.8. The molecule has 0 saturated heterocycles. The van der Waals surface area contributed by atoms with Crippen LogP contribution in [0.15, 0.2) is 41.7 Å². The molecule has 1 N–H and O–H groups in total. The standard InChI is InChI=1S/C28H45N7O/c1-5-16-34(17-6-2)19-8-7-18-32(3)21-24-9-11-25(12-10-24)28(36)35(22-26-29-13-14-30-26)23-27-31-15-20-33(27)4/h9-14H,5-8,15-23H2,1-4H3,(H,29,30). The minimum Gasteiger partial charge on any atom is -0.360 e. The Hall–Kier alpha value is -2.71. The maximum Gasteiger partial charge on any atom is 0.254 e. The lowest BCUT2D eigenvalue weighted by atomic mass is 10.1. The highest BCUT2D eigenvalue weighted by Gasteiger charge is 2.22. The highest BCUT2D eigenvalue weighted by atomic mass is 16.2. The molecule has 1 amide bonds. The third kappa shape index (κ3) is 8.75. The lowest BCUT2D eigenvalue weighted by molar-refractivity contribution is 0.0762. The number of unbranched alkanes of at least 4 members (excludes halogenated alkanes) is 1. The van der Waals surface area contributed by atoms with E-state index in [0.717, 1.165) is 37.8 Å². The molecule has 0 saturated carbocycles. The maximum absolute atomic E-state index is 13.4. The number of hydrogen-bond acceptors (Lipinski definition) is 6. The summed E-state index contributed by atoms with van der Waals surface area (Å²) in [5.41, 5.74) is 1.92. The Morgan fingerprint density at radius 2 is 1.72 bits per heavy atom. The van der Waals surface area contributed by atoms with Crippen LogP contribution in [0, 0.1) is 0 Å². The topological polar surface area (TPSA) is 71.1 Å². The molecular weight excluding hydrogens is 450 g/mol. The monoisotopic (exact) mass is 495 g/mol. The molecule has 0 bridgehead atoms. The first-order chi connectivity index (χ1) is 17.5. The van der Waals surface area contributed by atoms with Crippen LogP contribution in [0.4, 0.5) is 0 Å². The highest BCUT2D eigenvalue weighted by molar-refractivity contribution is 5.97. The molecule has 2 heterocycles. The minimum absolute atomic E-state index is 0.00184. The normalized spacial score (nSPS) is 13.6. The molecule has 1 aromatic heterocycles. The third-order valence-corrected chi connectivity index (χ3v) is 6.68. The second-order valence-electron chi connectivity index (χ2n) is 9.90. The van der Waals surface area contributed by atoms with Gasteiger partial charge in [0, 0.05) is 38.1 Å². The van der Waals surface area contributed by atoms with Gasteiger partial charge in [0.2, 0.25) is 0 Å². The number of nitrogens with one attached hydrogen (secondary N) is 1. The predicted octanol–water partition coefficient (Wildman–Crippen LogP) is 3.73. The summed E-state index contributed by atoms with van der Waals surface area (Å²) in [5.74, 6) is 1.72. The van der Waals surface area contributed by atoms with Gasteiger partial charge in [-0.3, -0.25) is 9.79 Å². The molecule has 3 rings (SSSR count). The van der Waals surface area contributed by atoms with Crippen molar-refractivity contribution in [3.05, 3.63) is 53.6 Å². The van der Waals surface area contributed by atoms with Gasteiger partial charge in [0.25, 0.3) is 5.91 Å². The smallest absolute Gasteiger partial charge is 0.254 e. The molecule has 8 heteroatoms. The number of aromatic nitrogens is 2. The van der Waals surface area contributed by atoms with E-state index in [1.807, 2.05) is 24.1 Å². The first kappa shape index (κ1) is 27.9. The fourth-order valence-corrected chi connectivity index (χ4v) is 4.70. The Balaban J connectivity index is 1.51. The van der Waals surface area contributed by atoms with E-state index >= 15 is 0 Å². The zero-order chi connectivity index (χ0) is 25.8. The van der Waals surface area contributed by atoms with Crippen molar-refractivity contribution in [2.45, 2.75) is 52.6 Å². The summed E-state index contributed by atoms with van der Waals surface area (Å²) in [7, 11) is 4.21. The molecule has 0 unspecified atom stereocenters. The number of amides is 1. The Kier molecular flexibility index (Phi) is 11.4. The number of hydrogen-bond donors (Lipinski definition) is 1. The van der Waals surface area contributed by atoms with Gasteiger partial charge in [-0.1, -0.05) is 26.0 Å². The lowest BCUT2D eigenvalue weighted by Gasteiger charge is -2.25. The summed E-state index contributed by atoms with van der Waals surface area (Å²) in [6.07, 6.45) is 8.40. The summed E-state index contributed by atoms with van der Waals surface area (Å²) in [4.78, 5) is 34.3. The number of imidazole rings is 1. The molecule has 0 fully saturated rings. The number of carbonyl (C=O) groups excluding carboxylic acids is 1. The van der Waals surface area contributed by atoms with Crippen molar-refractivity contribution in [2.75, 3.05) is 59.9 Å². The minimum atomic E-state index is -0.00184. The van der Waals surface area contributed by atoms with Gasteiger partial charge < -0.3 is 24.6 Å². The van der Waals surface area contributed by atoms with Crippen LogP contribution in [0.25, 0.3) is 0 Å². The Morgan fingerprint density at radius 3 is 2.33 bits per heavy atom. The van der Waals surface area contributed by atoms with Crippen LogP contribution in [0.1, 0.15) is 61.3 Å². The largest absolute Gasteiger partial charge is 0.360 e. The average Bonchev–Trinajstić information content (AvgIpc) is 3.53. The van der Waals surface area contributed by atoms with Crippen molar-refractivity contribution in [1.82, 2.24) is 29.6 Å². The van der Waals surface area contributed by atoms with Crippen LogP contribution in [0.2, 0.25) is 0 Å². The number of amidine groups is 1. The fraction of sp³-hybridized carbons (Fsp3) is 0.607. The molecule has 1 aliphatic rings. The van der Waals surface area contributed by atoms with Gasteiger partial charge in [-0.25, -0.2) is 4.98 Å². The van der Waals surface area contributed by atoms with E-state index in [0.29, 0.717) is 18.7 Å². The van der Waals surface area contributed by atoms with Crippen LogP contribution in [-0.2, 0) is 13.1 Å². The fourth-order valence-electron chi connectivity index (χ4n) is 4.70.